The van der Waals surface area contributed by atoms with Gasteiger partial charge in [0.2, 0.25) is 5.91 Å². The molecule has 0 spiro atoms. The number of aryl methyl sites for hydroxylation is 3. The van der Waals surface area contributed by atoms with Gasteiger partial charge in [0.25, 0.3) is 5.56 Å². The maximum Gasteiger partial charge on any atom is 0.259 e. The molecule has 0 saturated heterocycles. The Morgan fingerprint density at radius 3 is 2.58 bits per heavy atom. The summed E-state index contributed by atoms with van der Waals surface area (Å²) in [6, 6.07) is 16.8. The van der Waals surface area contributed by atoms with Crippen molar-refractivity contribution in [2.24, 2.45) is 0 Å². The van der Waals surface area contributed by atoms with Gasteiger partial charge in [0.05, 0.1) is 5.39 Å². The number of nitrogens with one attached hydrogen (secondary N) is 2. The molecule has 1 aliphatic rings. The highest BCUT2D eigenvalue weighted by molar-refractivity contribution is 7.18. The topological polar surface area (TPSA) is 84.1 Å². The minimum absolute atomic E-state index is 0.0798. The summed E-state index contributed by atoms with van der Waals surface area (Å²) >= 11 is 1.64. The Balaban J connectivity index is 1.21. The van der Waals surface area contributed by atoms with Crippen molar-refractivity contribution >= 4 is 33.1 Å². The second kappa shape index (κ2) is 9.58. The van der Waals surface area contributed by atoms with Crippen molar-refractivity contribution in [1.82, 2.24) is 9.97 Å². The van der Waals surface area contributed by atoms with E-state index in [4.69, 9.17) is 4.74 Å². The van der Waals surface area contributed by atoms with Crippen LogP contribution in [0.5, 0.6) is 11.5 Å². The Labute approximate surface area is 195 Å². The number of hydrogen-bond acceptors (Lipinski definition) is 5. The van der Waals surface area contributed by atoms with Crippen LogP contribution in [0.1, 0.15) is 41.9 Å². The summed E-state index contributed by atoms with van der Waals surface area (Å²) in [5.74, 6) is 1.89. The minimum atomic E-state index is -0.128. The number of carbonyl (C=O) groups excluding carboxylic acids is 1. The number of para-hydroxylation sites is 1. The van der Waals surface area contributed by atoms with E-state index < -0.39 is 0 Å². The molecule has 4 aromatic rings. The quantitative estimate of drug-likeness (QED) is 0.367. The van der Waals surface area contributed by atoms with Crippen LogP contribution in [-0.2, 0) is 24.1 Å². The zero-order valence-electron chi connectivity index (χ0n) is 18.2. The highest BCUT2D eigenvalue weighted by atomic mass is 32.1. The molecule has 0 saturated carbocycles. The SMILES string of the molecule is O=C(CCc1nc2sc3c(c2c(=O)[nH]1)CCCCC3)Nc1ccc(Oc2ccccc2)cc1. The van der Waals surface area contributed by atoms with Gasteiger partial charge < -0.3 is 15.0 Å². The van der Waals surface area contributed by atoms with Crippen LogP contribution in [0.15, 0.2) is 59.4 Å². The average molecular weight is 460 g/mol. The van der Waals surface area contributed by atoms with Crippen molar-refractivity contribution in [2.75, 3.05) is 5.32 Å². The molecule has 33 heavy (non-hydrogen) atoms. The van der Waals surface area contributed by atoms with Crippen molar-refractivity contribution in [3.05, 3.63) is 81.2 Å². The summed E-state index contributed by atoms with van der Waals surface area (Å²) in [6.07, 6.45) is 6.12. The van der Waals surface area contributed by atoms with E-state index in [0.717, 1.165) is 35.2 Å². The minimum Gasteiger partial charge on any atom is -0.457 e. The number of carbonyl (C=O) groups is 1. The van der Waals surface area contributed by atoms with Crippen LogP contribution in [0, 0.1) is 0 Å². The van der Waals surface area contributed by atoms with E-state index in [2.05, 4.69) is 15.3 Å². The van der Waals surface area contributed by atoms with E-state index in [1.54, 1.807) is 23.5 Å². The van der Waals surface area contributed by atoms with Gasteiger partial charge >= 0.3 is 0 Å². The fourth-order valence-corrected chi connectivity index (χ4v) is 5.47. The van der Waals surface area contributed by atoms with Gasteiger partial charge in [-0.3, -0.25) is 9.59 Å². The molecule has 6 nitrogen and oxygen atoms in total. The third-order valence-electron chi connectivity index (χ3n) is 5.83. The third-order valence-corrected chi connectivity index (χ3v) is 7.02. The predicted octanol–water partition coefficient (Wildman–Crippen LogP) is 5.62. The van der Waals surface area contributed by atoms with Gasteiger partial charge in [-0.05, 0) is 67.6 Å². The molecule has 0 bridgehead atoms. The van der Waals surface area contributed by atoms with E-state index in [1.807, 2.05) is 42.5 Å². The zero-order chi connectivity index (χ0) is 22.6. The van der Waals surface area contributed by atoms with Crippen LogP contribution < -0.4 is 15.6 Å². The number of nitrogens with zero attached hydrogens (tertiary/aromatic N) is 1. The number of thiophene rings is 1. The number of ether oxygens (including phenoxy) is 1. The molecule has 2 aromatic carbocycles. The maximum atomic E-state index is 12.7. The first-order valence-corrected chi connectivity index (χ1v) is 12.1. The van der Waals surface area contributed by atoms with E-state index in [0.29, 0.717) is 23.7 Å². The van der Waals surface area contributed by atoms with Crippen molar-refractivity contribution in [3.8, 4) is 11.5 Å². The molecule has 2 aromatic heterocycles. The largest absolute Gasteiger partial charge is 0.457 e. The molecule has 2 heterocycles. The van der Waals surface area contributed by atoms with Crippen LogP contribution in [0.3, 0.4) is 0 Å². The lowest BCUT2D eigenvalue weighted by Gasteiger charge is -2.08. The average Bonchev–Trinajstić information content (AvgIpc) is 3.01. The smallest absolute Gasteiger partial charge is 0.259 e. The number of fused-ring (bicyclic) bond motifs is 3. The number of hydrogen-bond donors (Lipinski definition) is 2. The third kappa shape index (κ3) is 4.98. The second-order valence-electron chi connectivity index (χ2n) is 8.24. The molecule has 0 atom stereocenters. The molecule has 0 aliphatic heterocycles. The Hall–Kier alpha value is -3.45. The molecule has 1 amide bonds. The summed E-state index contributed by atoms with van der Waals surface area (Å²) < 4.78 is 5.77. The van der Waals surface area contributed by atoms with Gasteiger partial charge in [0.1, 0.15) is 22.2 Å². The lowest BCUT2D eigenvalue weighted by Crippen LogP contribution is -2.16. The summed E-state index contributed by atoms with van der Waals surface area (Å²) in [4.78, 5) is 34.9. The number of aromatic nitrogens is 2. The van der Waals surface area contributed by atoms with E-state index >= 15 is 0 Å². The lowest BCUT2D eigenvalue weighted by atomic mass is 10.1. The van der Waals surface area contributed by atoms with Crippen LogP contribution >= 0.6 is 11.3 Å². The zero-order valence-corrected chi connectivity index (χ0v) is 19.0. The van der Waals surface area contributed by atoms with Crippen LogP contribution in [-0.4, -0.2) is 15.9 Å². The number of benzene rings is 2. The fraction of sp³-hybridized carbons (Fsp3) is 0.269. The first kappa shape index (κ1) is 21.4. The number of amides is 1. The van der Waals surface area contributed by atoms with Gasteiger partial charge in [0.15, 0.2) is 0 Å². The lowest BCUT2D eigenvalue weighted by molar-refractivity contribution is -0.116. The number of aromatic amines is 1. The van der Waals surface area contributed by atoms with E-state index in [9.17, 15) is 9.59 Å². The fourth-order valence-electron chi connectivity index (χ4n) is 4.19. The highest BCUT2D eigenvalue weighted by Crippen LogP contribution is 2.32. The Morgan fingerprint density at radius 1 is 1.00 bits per heavy atom. The van der Waals surface area contributed by atoms with Crippen molar-refractivity contribution in [2.45, 2.75) is 44.9 Å². The van der Waals surface area contributed by atoms with Gasteiger partial charge in [-0.1, -0.05) is 24.6 Å². The summed E-state index contributed by atoms with van der Waals surface area (Å²) in [6.45, 7) is 0. The molecule has 0 unspecified atom stereocenters. The standard InChI is InChI=1S/C26H25N3O3S/c30-23(27-17-11-13-19(14-12-17)32-18-7-3-1-4-8-18)16-15-22-28-25(31)24-20-9-5-2-6-10-21(20)33-26(24)29-22/h1,3-4,7-8,11-14H,2,5-6,9-10,15-16H2,(H,27,30)(H,28,29,31). The molecular formula is C26H25N3O3S. The monoisotopic (exact) mass is 459 g/mol. The molecule has 5 rings (SSSR count). The van der Waals surface area contributed by atoms with Crippen LogP contribution in [0.25, 0.3) is 10.2 Å². The number of anilines is 1. The number of rotatable bonds is 6. The molecule has 2 N–H and O–H groups in total. The molecule has 0 radical (unpaired) electrons. The second-order valence-corrected chi connectivity index (χ2v) is 9.33. The summed E-state index contributed by atoms with van der Waals surface area (Å²) in [7, 11) is 0. The summed E-state index contributed by atoms with van der Waals surface area (Å²) in [5.41, 5.74) is 1.80. The molecular weight excluding hydrogens is 434 g/mol. The van der Waals surface area contributed by atoms with Gasteiger partial charge in [-0.15, -0.1) is 11.3 Å². The van der Waals surface area contributed by atoms with Crippen molar-refractivity contribution in [1.29, 1.82) is 0 Å². The van der Waals surface area contributed by atoms with E-state index in [-0.39, 0.29) is 17.9 Å². The summed E-state index contributed by atoms with van der Waals surface area (Å²) in [5, 5.41) is 3.64. The normalized spacial score (nSPS) is 13.3. The van der Waals surface area contributed by atoms with Crippen molar-refractivity contribution < 1.29 is 9.53 Å². The first-order chi connectivity index (χ1) is 16.2. The molecule has 0 fully saturated rings. The predicted molar refractivity (Wildman–Crippen MR) is 131 cm³/mol. The van der Waals surface area contributed by atoms with Gasteiger partial charge in [0, 0.05) is 23.4 Å². The Morgan fingerprint density at radius 2 is 1.76 bits per heavy atom. The van der Waals surface area contributed by atoms with Crippen LogP contribution in [0.2, 0.25) is 0 Å². The van der Waals surface area contributed by atoms with E-state index in [1.165, 1.54) is 23.3 Å². The van der Waals surface area contributed by atoms with Crippen molar-refractivity contribution in [3.63, 3.8) is 0 Å². The van der Waals surface area contributed by atoms with Gasteiger partial charge in [-0.25, -0.2) is 4.98 Å². The molecule has 7 heteroatoms. The highest BCUT2D eigenvalue weighted by Gasteiger charge is 2.19. The Kier molecular flexibility index (Phi) is 6.21. The van der Waals surface area contributed by atoms with Crippen LogP contribution in [0.4, 0.5) is 5.69 Å². The first-order valence-electron chi connectivity index (χ1n) is 11.3. The number of H-pyrrole nitrogens is 1. The maximum absolute atomic E-state index is 12.7. The molecule has 1 aliphatic carbocycles. The van der Waals surface area contributed by atoms with Gasteiger partial charge in [-0.2, -0.15) is 0 Å². The molecule has 168 valence electrons. The Bertz CT molecular complexity index is 1330.